The molecule has 0 spiro atoms. The van der Waals surface area contributed by atoms with Gasteiger partial charge in [-0.1, -0.05) is 36.9 Å². The van der Waals surface area contributed by atoms with Gasteiger partial charge in [-0.2, -0.15) is 4.39 Å². The number of anilines is 1. The van der Waals surface area contributed by atoms with Crippen LogP contribution < -0.4 is 5.32 Å². The summed E-state index contributed by atoms with van der Waals surface area (Å²) in [5, 5.41) is 3.45. The molecule has 1 heterocycles. The maximum atomic E-state index is 13.1. The first kappa shape index (κ1) is 13.9. The number of halogens is 3. The fourth-order valence-corrected chi connectivity index (χ4v) is 1.45. The largest absolute Gasteiger partial charge is 0.366 e. The Bertz CT molecular complexity index is 472. The highest BCUT2D eigenvalue weighted by atomic mass is 79.9. The third-order valence-corrected chi connectivity index (χ3v) is 2.98. The molecule has 2 nitrogen and oxygen atoms in total. The summed E-state index contributed by atoms with van der Waals surface area (Å²) in [4.78, 5) is 3.71. The van der Waals surface area contributed by atoms with Crippen molar-refractivity contribution in [3.63, 3.8) is 0 Å². The number of allylic oxidation sites excluding steroid dienone is 2. The van der Waals surface area contributed by atoms with Crippen LogP contribution in [0, 0.1) is 5.95 Å². The van der Waals surface area contributed by atoms with Gasteiger partial charge in [0.15, 0.2) is 0 Å². The van der Waals surface area contributed by atoms with E-state index in [4.69, 9.17) is 11.6 Å². The summed E-state index contributed by atoms with van der Waals surface area (Å²) in [6.07, 6.45) is 3.14. The molecular formula is C12H11BrClFN2. The minimum atomic E-state index is -0.561. The lowest BCUT2D eigenvalue weighted by molar-refractivity contribution is 0.578. The molecule has 0 aliphatic rings. The van der Waals surface area contributed by atoms with E-state index in [0.717, 1.165) is 5.57 Å². The quantitative estimate of drug-likeness (QED) is 0.648. The number of aromatic nitrogens is 1. The van der Waals surface area contributed by atoms with Gasteiger partial charge in [0, 0.05) is 11.6 Å². The Kier molecular flexibility index (Phi) is 5.38. The van der Waals surface area contributed by atoms with E-state index in [-0.39, 0.29) is 0 Å². The lowest BCUT2D eigenvalue weighted by atomic mass is 10.2. The first-order valence-electron chi connectivity index (χ1n) is 4.78. The van der Waals surface area contributed by atoms with Gasteiger partial charge in [-0.3, -0.25) is 0 Å². The second-order valence-electron chi connectivity index (χ2n) is 3.10. The van der Waals surface area contributed by atoms with Crippen molar-refractivity contribution in [3.8, 4) is 0 Å². The van der Waals surface area contributed by atoms with Crippen molar-refractivity contribution < 1.29 is 4.39 Å². The van der Waals surface area contributed by atoms with E-state index in [1.54, 1.807) is 18.2 Å². The van der Waals surface area contributed by atoms with Crippen LogP contribution >= 0.6 is 27.5 Å². The van der Waals surface area contributed by atoms with Crippen molar-refractivity contribution in [1.82, 2.24) is 4.98 Å². The van der Waals surface area contributed by atoms with Crippen molar-refractivity contribution in [3.05, 3.63) is 58.5 Å². The molecule has 0 amide bonds. The van der Waals surface area contributed by atoms with Crippen LogP contribution in [0.3, 0.4) is 0 Å². The first-order chi connectivity index (χ1) is 8.08. The Hall–Kier alpha value is -1.13. The molecule has 1 rings (SSSR count). The van der Waals surface area contributed by atoms with Crippen LogP contribution in [-0.4, -0.2) is 11.5 Å². The predicted molar refractivity (Wildman–Crippen MR) is 73.7 cm³/mol. The summed E-state index contributed by atoms with van der Waals surface area (Å²) in [5.74, 6) is -0.132. The smallest absolute Gasteiger partial charge is 0.229 e. The topological polar surface area (TPSA) is 24.9 Å². The van der Waals surface area contributed by atoms with Gasteiger partial charge in [0.25, 0.3) is 0 Å². The highest BCUT2D eigenvalue weighted by molar-refractivity contribution is 9.10. The van der Waals surface area contributed by atoms with E-state index in [1.165, 1.54) is 6.08 Å². The van der Waals surface area contributed by atoms with Gasteiger partial charge >= 0.3 is 0 Å². The second kappa shape index (κ2) is 6.57. The standard InChI is InChI=1S/C12H11BrClFN2/c1-3-8(10(14)4-2)7-16-11-6-5-9(13)12(15)17-11/h3-6H,1-2,7H2,(H,16,17)/b10-8-. The summed E-state index contributed by atoms with van der Waals surface area (Å²) in [7, 11) is 0. The number of hydrogen-bond acceptors (Lipinski definition) is 2. The van der Waals surface area contributed by atoms with Crippen LogP contribution in [0.25, 0.3) is 0 Å². The van der Waals surface area contributed by atoms with Crippen molar-refractivity contribution in [2.45, 2.75) is 0 Å². The molecule has 0 unspecified atom stereocenters. The lowest BCUT2D eigenvalue weighted by Crippen LogP contribution is -2.06. The highest BCUT2D eigenvalue weighted by Crippen LogP contribution is 2.17. The molecule has 17 heavy (non-hydrogen) atoms. The third-order valence-electron chi connectivity index (χ3n) is 2.00. The summed E-state index contributed by atoms with van der Waals surface area (Å²) in [5.41, 5.74) is 0.770. The minimum Gasteiger partial charge on any atom is -0.366 e. The number of nitrogens with one attached hydrogen (secondary N) is 1. The van der Waals surface area contributed by atoms with Gasteiger partial charge in [0.2, 0.25) is 5.95 Å². The fraction of sp³-hybridized carbons (Fsp3) is 0.0833. The summed E-state index contributed by atoms with van der Waals surface area (Å²) < 4.78 is 13.5. The first-order valence-corrected chi connectivity index (χ1v) is 5.95. The number of pyridine rings is 1. The Balaban J connectivity index is 2.76. The zero-order valence-electron chi connectivity index (χ0n) is 9.01. The van der Waals surface area contributed by atoms with Gasteiger partial charge < -0.3 is 5.32 Å². The molecule has 5 heteroatoms. The molecule has 1 N–H and O–H groups in total. The fourth-order valence-electron chi connectivity index (χ4n) is 1.09. The minimum absolute atomic E-state index is 0.326. The average molecular weight is 318 g/mol. The molecular weight excluding hydrogens is 307 g/mol. The number of hydrogen-bond donors (Lipinski definition) is 1. The van der Waals surface area contributed by atoms with Crippen molar-refractivity contribution >= 4 is 33.3 Å². The number of nitrogens with zero attached hydrogens (tertiary/aromatic N) is 1. The van der Waals surface area contributed by atoms with Crippen molar-refractivity contribution in [2.75, 3.05) is 11.9 Å². The summed E-state index contributed by atoms with van der Waals surface area (Å²) in [6.45, 7) is 7.61. The van der Waals surface area contributed by atoms with Gasteiger partial charge in [-0.05, 0) is 33.6 Å². The molecule has 1 aromatic heterocycles. The molecule has 0 bridgehead atoms. The monoisotopic (exact) mass is 316 g/mol. The van der Waals surface area contributed by atoms with Crippen LogP contribution in [0.4, 0.5) is 10.2 Å². The third kappa shape index (κ3) is 3.98. The van der Waals surface area contributed by atoms with Crippen LogP contribution in [0.5, 0.6) is 0 Å². The molecule has 0 atom stereocenters. The molecule has 0 fully saturated rings. The average Bonchev–Trinajstić information content (AvgIpc) is 2.33. The molecule has 0 aliphatic carbocycles. The van der Waals surface area contributed by atoms with Gasteiger partial charge in [0.05, 0.1) is 4.47 Å². The van der Waals surface area contributed by atoms with Crippen LogP contribution in [0.1, 0.15) is 0 Å². The van der Waals surface area contributed by atoms with E-state index in [2.05, 4.69) is 39.4 Å². The van der Waals surface area contributed by atoms with E-state index in [0.29, 0.717) is 21.9 Å². The van der Waals surface area contributed by atoms with Crippen LogP contribution in [0.15, 0.2) is 52.5 Å². The predicted octanol–water partition coefficient (Wildman–Crippen LogP) is 4.26. The highest BCUT2D eigenvalue weighted by Gasteiger charge is 2.03. The molecule has 0 aliphatic heterocycles. The Morgan fingerprint density at radius 2 is 2.18 bits per heavy atom. The SMILES string of the molecule is C=C/C(Cl)=C(\C=C)CNc1ccc(Br)c(F)n1. The van der Waals surface area contributed by atoms with Gasteiger partial charge in [0.1, 0.15) is 5.82 Å². The zero-order chi connectivity index (χ0) is 12.8. The lowest BCUT2D eigenvalue weighted by Gasteiger charge is -2.07. The Morgan fingerprint density at radius 3 is 2.71 bits per heavy atom. The summed E-state index contributed by atoms with van der Waals surface area (Å²) >= 11 is 8.93. The van der Waals surface area contributed by atoms with Gasteiger partial charge in [-0.25, -0.2) is 4.98 Å². The maximum absolute atomic E-state index is 13.1. The normalized spacial score (nSPS) is 11.7. The van der Waals surface area contributed by atoms with Crippen molar-refractivity contribution in [2.24, 2.45) is 0 Å². The van der Waals surface area contributed by atoms with E-state index < -0.39 is 5.95 Å². The molecule has 90 valence electrons. The molecule has 0 saturated heterocycles. The van der Waals surface area contributed by atoms with E-state index in [9.17, 15) is 4.39 Å². The maximum Gasteiger partial charge on any atom is 0.229 e. The van der Waals surface area contributed by atoms with E-state index in [1.807, 2.05) is 0 Å². The molecule has 1 aromatic rings. The van der Waals surface area contributed by atoms with Crippen LogP contribution in [0.2, 0.25) is 0 Å². The Labute approximate surface area is 113 Å². The van der Waals surface area contributed by atoms with Crippen molar-refractivity contribution in [1.29, 1.82) is 0 Å². The molecule has 0 radical (unpaired) electrons. The number of rotatable bonds is 5. The second-order valence-corrected chi connectivity index (χ2v) is 4.37. The van der Waals surface area contributed by atoms with Gasteiger partial charge in [-0.15, -0.1) is 0 Å². The zero-order valence-corrected chi connectivity index (χ0v) is 11.4. The molecule has 0 saturated carbocycles. The van der Waals surface area contributed by atoms with Crippen LogP contribution in [-0.2, 0) is 0 Å². The summed E-state index contributed by atoms with van der Waals surface area (Å²) in [6, 6.07) is 3.24. The molecule has 0 aromatic carbocycles. The van der Waals surface area contributed by atoms with E-state index >= 15 is 0 Å². The Morgan fingerprint density at radius 1 is 1.47 bits per heavy atom.